The Morgan fingerprint density at radius 1 is 1.21 bits per heavy atom. The van der Waals surface area contributed by atoms with Crippen LogP contribution in [0, 0.1) is 12.8 Å². The molecule has 1 aromatic heterocycles. The number of amides is 1. The van der Waals surface area contributed by atoms with Crippen LogP contribution in [-0.4, -0.2) is 43.8 Å². The number of hydrogen-bond donors (Lipinski definition) is 1. The molecule has 1 amide bonds. The van der Waals surface area contributed by atoms with E-state index in [0.717, 1.165) is 5.56 Å². The lowest BCUT2D eigenvalue weighted by molar-refractivity contribution is -0.158. The summed E-state index contributed by atoms with van der Waals surface area (Å²) in [6.07, 6.45) is -0.193. The molecule has 9 heteroatoms. The van der Waals surface area contributed by atoms with Gasteiger partial charge < -0.3 is 10.1 Å². The van der Waals surface area contributed by atoms with Crippen LogP contribution in [0.1, 0.15) is 25.3 Å². The zero-order chi connectivity index (χ0) is 21.0. The van der Waals surface area contributed by atoms with Crippen molar-refractivity contribution in [3.05, 3.63) is 47.3 Å². The third-order valence-corrected chi connectivity index (χ3v) is 8.10. The Labute approximate surface area is 174 Å². The topological polar surface area (TPSA) is 92.8 Å². The number of nitrogens with one attached hydrogen (secondary N) is 1. The average molecular weight is 437 g/mol. The predicted octanol–water partition coefficient (Wildman–Crippen LogP) is 3.03. The maximum Gasteiger partial charge on any atom is 0.309 e. The lowest BCUT2D eigenvalue weighted by Gasteiger charge is -2.30. The van der Waals surface area contributed by atoms with E-state index in [0.29, 0.717) is 22.7 Å². The van der Waals surface area contributed by atoms with E-state index >= 15 is 0 Å². The molecule has 0 aliphatic carbocycles. The zero-order valence-corrected chi connectivity index (χ0v) is 18.0. The highest BCUT2D eigenvalue weighted by Gasteiger charge is 2.34. The number of carbonyl (C=O) groups excluding carboxylic acids is 2. The first kappa shape index (κ1) is 21.5. The number of piperidine rings is 1. The molecule has 1 atom stereocenters. The van der Waals surface area contributed by atoms with Gasteiger partial charge in [0.2, 0.25) is 0 Å². The predicted molar refractivity (Wildman–Crippen MR) is 111 cm³/mol. The van der Waals surface area contributed by atoms with Crippen LogP contribution in [0.3, 0.4) is 0 Å². The number of benzene rings is 1. The van der Waals surface area contributed by atoms with Crippen molar-refractivity contribution in [2.45, 2.75) is 37.0 Å². The molecule has 1 aliphatic rings. The van der Waals surface area contributed by atoms with E-state index in [1.165, 1.54) is 22.6 Å². The fraction of sp³-hybridized carbons (Fsp3) is 0.400. The fourth-order valence-corrected chi connectivity index (χ4v) is 5.77. The van der Waals surface area contributed by atoms with Crippen molar-refractivity contribution < 1.29 is 22.7 Å². The molecule has 1 aromatic carbocycles. The molecule has 1 saturated heterocycles. The second-order valence-electron chi connectivity index (χ2n) is 7.05. The van der Waals surface area contributed by atoms with Gasteiger partial charge >= 0.3 is 5.97 Å². The molecule has 0 radical (unpaired) electrons. The molecule has 0 spiro atoms. The number of aryl methyl sites for hydroxylation is 1. The molecule has 3 rings (SSSR count). The van der Waals surface area contributed by atoms with Gasteiger partial charge in [-0.1, -0.05) is 18.2 Å². The van der Waals surface area contributed by atoms with Gasteiger partial charge in [-0.15, -0.1) is 11.3 Å². The van der Waals surface area contributed by atoms with E-state index in [1.807, 2.05) is 25.1 Å². The summed E-state index contributed by atoms with van der Waals surface area (Å²) in [6.45, 7) is 3.96. The van der Waals surface area contributed by atoms with Crippen LogP contribution in [0.15, 0.2) is 46.0 Å². The first-order valence-electron chi connectivity index (χ1n) is 9.39. The lowest BCUT2D eigenvalue weighted by Crippen LogP contribution is -2.41. The summed E-state index contributed by atoms with van der Waals surface area (Å²) in [6, 6.07) is 10.6. The highest BCUT2D eigenvalue weighted by atomic mass is 32.2. The van der Waals surface area contributed by atoms with Crippen LogP contribution in [-0.2, 0) is 24.3 Å². The van der Waals surface area contributed by atoms with Gasteiger partial charge in [0.1, 0.15) is 4.21 Å². The molecule has 0 saturated carbocycles. The van der Waals surface area contributed by atoms with E-state index < -0.39 is 33.9 Å². The van der Waals surface area contributed by atoms with Gasteiger partial charge in [0, 0.05) is 18.8 Å². The van der Waals surface area contributed by atoms with Gasteiger partial charge in [0.25, 0.3) is 15.9 Å². The number of sulfonamides is 1. The second kappa shape index (κ2) is 9.06. The van der Waals surface area contributed by atoms with Gasteiger partial charge in [-0.25, -0.2) is 8.42 Å². The molecular formula is C20H24N2O5S2. The first-order valence-corrected chi connectivity index (χ1v) is 11.7. The summed E-state index contributed by atoms with van der Waals surface area (Å²) in [5.74, 6) is -1.29. The number of ether oxygens (including phenoxy) is 1. The largest absolute Gasteiger partial charge is 0.452 e. The van der Waals surface area contributed by atoms with Crippen molar-refractivity contribution in [3.63, 3.8) is 0 Å². The van der Waals surface area contributed by atoms with Crippen LogP contribution >= 0.6 is 11.3 Å². The summed E-state index contributed by atoms with van der Waals surface area (Å²) in [4.78, 5) is 24.7. The van der Waals surface area contributed by atoms with Gasteiger partial charge in [0.15, 0.2) is 6.10 Å². The highest BCUT2D eigenvalue weighted by molar-refractivity contribution is 7.91. The van der Waals surface area contributed by atoms with Gasteiger partial charge in [-0.05, 0) is 55.8 Å². The Morgan fingerprint density at radius 3 is 2.55 bits per heavy atom. The molecular weight excluding hydrogens is 412 g/mol. The Bertz CT molecular complexity index is 965. The second-order valence-corrected chi connectivity index (χ2v) is 10.2. The van der Waals surface area contributed by atoms with Crippen LogP contribution < -0.4 is 5.32 Å². The molecule has 7 nitrogen and oxygen atoms in total. The number of nitrogens with zero attached hydrogens (tertiary/aromatic N) is 1. The van der Waals surface area contributed by atoms with Crippen molar-refractivity contribution in [2.24, 2.45) is 5.92 Å². The third-order valence-electron chi connectivity index (χ3n) is 4.82. The number of thiophene rings is 1. The Hall–Kier alpha value is -2.23. The number of anilines is 1. The van der Waals surface area contributed by atoms with Crippen LogP contribution in [0.2, 0.25) is 0 Å². The maximum absolute atomic E-state index is 12.6. The SMILES string of the molecule is Cc1cccc(NC(=O)C(C)OC(=O)C2CCN(S(=O)(=O)c3cccs3)CC2)c1. The molecule has 1 N–H and O–H groups in total. The van der Waals surface area contributed by atoms with Crippen molar-refractivity contribution in [1.29, 1.82) is 0 Å². The Morgan fingerprint density at radius 2 is 1.93 bits per heavy atom. The van der Waals surface area contributed by atoms with E-state index in [4.69, 9.17) is 4.74 Å². The molecule has 156 valence electrons. The van der Waals surface area contributed by atoms with Crippen molar-refractivity contribution in [1.82, 2.24) is 4.31 Å². The maximum atomic E-state index is 12.6. The summed E-state index contributed by atoms with van der Waals surface area (Å²) in [5, 5.41) is 4.45. The Balaban J connectivity index is 1.51. The average Bonchev–Trinajstić information content (AvgIpc) is 3.23. The van der Waals surface area contributed by atoms with Gasteiger partial charge in [-0.3, -0.25) is 9.59 Å². The molecule has 1 unspecified atom stereocenters. The Kier molecular flexibility index (Phi) is 6.71. The lowest BCUT2D eigenvalue weighted by atomic mass is 9.98. The summed E-state index contributed by atoms with van der Waals surface area (Å²) < 4.78 is 32.1. The van der Waals surface area contributed by atoms with E-state index in [9.17, 15) is 18.0 Å². The van der Waals surface area contributed by atoms with E-state index in [1.54, 1.807) is 23.6 Å². The first-order chi connectivity index (χ1) is 13.8. The number of rotatable bonds is 6. The number of carbonyl (C=O) groups is 2. The van der Waals surface area contributed by atoms with Crippen LogP contribution in [0.5, 0.6) is 0 Å². The molecule has 2 aromatic rings. The van der Waals surface area contributed by atoms with Crippen molar-refractivity contribution in [3.8, 4) is 0 Å². The number of hydrogen-bond acceptors (Lipinski definition) is 6. The van der Waals surface area contributed by atoms with Crippen molar-refractivity contribution in [2.75, 3.05) is 18.4 Å². The molecule has 29 heavy (non-hydrogen) atoms. The normalized spacial score (nSPS) is 16.9. The van der Waals surface area contributed by atoms with E-state index in [2.05, 4.69) is 5.32 Å². The third kappa shape index (κ3) is 5.23. The fourth-order valence-electron chi connectivity index (χ4n) is 3.16. The van der Waals surface area contributed by atoms with Gasteiger partial charge in [0.05, 0.1) is 5.92 Å². The standard InChI is InChI=1S/C20H24N2O5S2/c1-14-5-3-6-17(13-14)21-19(23)15(2)27-20(24)16-8-10-22(11-9-16)29(25,26)18-7-4-12-28-18/h3-7,12-13,15-16H,8-11H2,1-2H3,(H,21,23). The van der Waals surface area contributed by atoms with Crippen molar-refractivity contribution >= 4 is 38.9 Å². The number of esters is 1. The zero-order valence-electron chi connectivity index (χ0n) is 16.3. The minimum absolute atomic E-state index is 0.254. The minimum Gasteiger partial charge on any atom is -0.452 e. The summed E-state index contributed by atoms with van der Waals surface area (Å²) in [7, 11) is -3.51. The summed E-state index contributed by atoms with van der Waals surface area (Å²) in [5.41, 5.74) is 1.65. The molecule has 1 aliphatic heterocycles. The minimum atomic E-state index is -3.51. The highest BCUT2D eigenvalue weighted by Crippen LogP contribution is 2.27. The molecule has 2 heterocycles. The molecule has 1 fully saturated rings. The quantitative estimate of drug-likeness (QED) is 0.703. The summed E-state index contributed by atoms with van der Waals surface area (Å²) >= 11 is 1.18. The molecule has 0 bridgehead atoms. The monoisotopic (exact) mass is 436 g/mol. The van der Waals surface area contributed by atoms with Crippen LogP contribution in [0.25, 0.3) is 0 Å². The van der Waals surface area contributed by atoms with Crippen LogP contribution in [0.4, 0.5) is 5.69 Å². The van der Waals surface area contributed by atoms with Gasteiger partial charge in [-0.2, -0.15) is 4.31 Å². The van der Waals surface area contributed by atoms with E-state index in [-0.39, 0.29) is 13.1 Å². The smallest absolute Gasteiger partial charge is 0.309 e.